The number of piperidine rings is 1. The molecule has 5 heteroatoms. The normalized spacial score (nSPS) is 23.8. The highest BCUT2D eigenvalue weighted by Gasteiger charge is 2.37. The molecule has 0 aromatic carbocycles. The Morgan fingerprint density at radius 2 is 2.12 bits per heavy atom. The zero-order valence-electron chi connectivity index (χ0n) is 14.4. The van der Waals surface area contributed by atoms with Gasteiger partial charge in [0.25, 0.3) is 0 Å². The van der Waals surface area contributed by atoms with Gasteiger partial charge in [0.15, 0.2) is 0 Å². The minimum Gasteiger partial charge on any atom is -0.352 e. The molecule has 2 amide bonds. The number of nitrogens with one attached hydrogen (secondary N) is 1. The lowest BCUT2D eigenvalue weighted by molar-refractivity contribution is -0.135. The number of carbonyl (C=O) groups is 2. The Kier molecular flexibility index (Phi) is 5.48. The van der Waals surface area contributed by atoms with Crippen molar-refractivity contribution in [1.29, 1.82) is 0 Å². The maximum atomic E-state index is 12.3. The molecule has 0 radical (unpaired) electrons. The summed E-state index contributed by atoms with van der Waals surface area (Å²) in [6.07, 6.45) is 8.15. The summed E-state index contributed by atoms with van der Waals surface area (Å²) in [5.74, 6) is 1.55. The number of nitrogens with zero attached hydrogens (tertiary/aromatic N) is 2. The molecule has 1 saturated carbocycles. The molecule has 1 aromatic rings. The number of rotatable bonds is 6. The lowest BCUT2D eigenvalue weighted by atomic mass is 9.81. The predicted octanol–water partition coefficient (Wildman–Crippen LogP) is 2.37. The molecule has 24 heavy (non-hydrogen) atoms. The second kappa shape index (κ2) is 7.77. The lowest BCUT2D eigenvalue weighted by Gasteiger charge is -2.38. The van der Waals surface area contributed by atoms with Crippen molar-refractivity contribution in [2.45, 2.75) is 45.6 Å². The SMILES string of the molecule is CC[C@@H]1CN(C(=O)C2CC2)CC[C@H]1CC(=O)NCc1cccnc1. The highest BCUT2D eigenvalue weighted by molar-refractivity contribution is 5.81. The van der Waals surface area contributed by atoms with Gasteiger partial charge < -0.3 is 10.2 Å². The molecule has 5 nitrogen and oxygen atoms in total. The van der Waals surface area contributed by atoms with Gasteiger partial charge in [0.1, 0.15) is 0 Å². The highest BCUT2D eigenvalue weighted by atomic mass is 16.2. The van der Waals surface area contributed by atoms with E-state index in [1.54, 1.807) is 12.4 Å². The van der Waals surface area contributed by atoms with Gasteiger partial charge >= 0.3 is 0 Å². The van der Waals surface area contributed by atoms with E-state index >= 15 is 0 Å². The molecule has 0 unspecified atom stereocenters. The maximum Gasteiger partial charge on any atom is 0.225 e. The number of likely N-dealkylation sites (tertiary alicyclic amines) is 1. The van der Waals surface area contributed by atoms with Crippen LogP contribution in [0.25, 0.3) is 0 Å². The van der Waals surface area contributed by atoms with Crippen LogP contribution in [0.4, 0.5) is 0 Å². The smallest absolute Gasteiger partial charge is 0.225 e. The van der Waals surface area contributed by atoms with Gasteiger partial charge in [0.2, 0.25) is 11.8 Å². The summed E-state index contributed by atoms with van der Waals surface area (Å²) in [6, 6.07) is 3.84. The maximum absolute atomic E-state index is 12.3. The number of aromatic nitrogens is 1. The average molecular weight is 329 g/mol. The van der Waals surface area contributed by atoms with E-state index in [1.165, 1.54) is 0 Å². The minimum absolute atomic E-state index is 0.101. The van der Waals surface area contributed by atoms with Crippen molar-refractivity contribution in [2.75, 3.05) is 13.1 Å². The first-order valence-corrected chi connectivity index (χ1v) is 9.11. The molecule has 1 aliphatic heterocycles. The first-order chi connectivity index (χ1) is 11.7. The van der Waals surface area contributed by atoms with Gasteiger partial charge in [-0.05, 0) is 42.7 Å². The fourth-order valence-corrected chi connectivity index (χ4v) is 3.61. The van der Waals surface area contributed by atoms with Crippen LogP contribution in [0, 0.1) is 17.8 Å². The first-order valence-electron chi connectivity index (χ1n) is 9.11. The number of hydrogen-bond donors (Lipinski definition) is 1. The van der Waals surface area contributed by atoms with Gasteiger partial charge in [-0.2, -0.15) is 0 Å². The average Bonchev–Trinajstić information content (AvgIpc) is 3.45. The van der Waals surface area contributed by atoms with Crippen molar-refractivity contribution >= 4 is 11.8 Å². The Morgan fingerprint density at radius 1 is 1.29 bits per heavy atom. The van der Waals surface area contributed by atoms with Crippen LogP contribution < -0.4 is 5.32 Å². The zero-order chi connectivity index (χ0) is 16.9. The number of carbonyl (C=O) groups excluding carboxylic acids is 2. The summed E-state index contributed by atoms with van der Waals surface area (Å²) in [5, 5.41) is 2.99. The van der Waals surface area contributed by atoms with Crippen LogP contribution in [0.3, 0.4) is 0 Å². The molecule has 1 aliphatic carbocycles. The minimum atomic E-state index is 0.101. The van der Waals surface area contributed by atoms with E-state index in [2.05, 4.69) is 17.2 Å². The molecule has 1 aromatic heterocycles. The van der Waals surface area contributed by atoms with Crippen molar-refractivity contribution in [3.63, 3.8) is 0 Å². The molecule has 130 valence electrons. The molecule has 2 aliphatic rings. The van der Waals surface area contributed by atoms with Crippen LogP contribution >= 0.6 is 0 Å². The van der Waals surface area contributed by atoms with E-state index in [0.717, 1.165) is 44.3 Å². The van der Waals surface area contributed by atoms with Gasteiger partial charge in [-0.15, -0.1) is 0 Å². The predicted molar refractivity (Wildman–Crippen MR) is 91.9 cm³/mol. The summed E-state index contributed by atoms with van der Waals surface area (Å²) in [6.45, 7) is 4.33. The molecule has 2 fully saturated rings. The molecule has 2 atom stereocenters. The van der Waals surface area contributed by atoms with Crippen molar-refractivity contribution in [1.82, 2.24) is 15.2 Å². The van der Waals surface area contributed by atoms with Gasteiger partial charge in [-0.1, -0.05) is 19.4 Å². The van der Waals surface area contributed by atoms with Crippen molar-refractivity contribution in [2.24, 2.45) is 17.8 Å². The fourth-order valence-electron chi connectivity index (χ4n) is 3.61. The summed E-state index contributed by atoms with van der Waals surface area (Å²) < 4.78 is 0. The molecular formula is C19H27N3O2. The van der Waals surface area contributed by atoms with Crippen LogP contribution in [0.1, 0.15) is 44.6 Å². The van der Waals surface area contributed by atoms with E-state index in [4.69, 9.17) is 0 Å². The third-order valence-corrected chi connectivity index (χ3v) is 5.31. The molecule has 3 rings (SSSR count). The molecule has 0 spiro atoms. The van der Waals surface area contributed by atoms with Crippen LogP contribution in [-0.4, -0.2) is 34.8 Å². The van der Waals surface area contributed by atoms with Crippen molar-refractivity contribution in [3.8, 4) is 0 Å². The van der Waals surface area contributed by atoms with Crippen molar-refractivity contribution < 1.29 is 9.59 Å². The Labute approximate surface area is 143 Å². The molecular weight excluding hydrogens is 302 g/mol. The van der Waals surface area contributed by atoms with Crippen LogP contribution in [0.2, 0.25) is 0 Å². The summed E-state index contributed by atoms with van der Waals surface area (Å²) in [7, 11) is 0. The quantitative estimate of drug-likeness (QED) is 0.871. The number of pyridine rings is 1. The summed E-state index contributed by atoms with van der Waals surface area (Å²) >= 11 is 0. The van der Waals surface area contributed by atoms with Crippen molar-refractivity contribution in [3.05, 3.63) is 30.1 Å². The number of hydrogen-bond acceptors (Lipinski definition) is 3. The Bertz CT molecular complexity index is 571. The highest BCUT2D eigenvalue weighted by Crippen LogP contribution is 2.35. The van der Waals surface area contributed by atoms with Crippen LogP contribution in [0.5, 0.6) is 0 Å². The van der Waals surface area contributed by atoms with Crippen LogP contribution in [-0.2, 0) is 16.1 Å². The van der Waals surface area contributed by atoms with E-state index in [1.807, 2.05) is 17.0 Å². The zero-order valence-corrected chi connectivity index (χ0v) is 14.4. The Hall–Kier alpha value is -1.91. The standard InChI is InChI=1S/C19H27N3O2/c1-2-15-13-22(19(24)16-5-6-16)9-7-17(15)10-18(23)21-12-14-4-3-8-20-11-14/h3-4,8,11,15-17H,2,5-7,9-10,12-13H2,1H3,(H,21,23)/t15-,17+/m1/s1. The Balaban J connectivity index is 1.47. The second-order valence-electron chi connectivity index (χ2n) is 7.12. The van der Waals surface area contributed by atoms with Gasteiger partial charge in [-0.3, -0.25) is 14.6 Å². The van der Waals surface area contributed by atoms with E-state index in [0.29, 0.717) is 36.6 Å². The van der Waals surface area contributed by atoms with E-state index < -0.39 is 0 Å². The summed E-state index contributed by atoms with van der Waals surface area (Å²) in [4.78, 5) is 30.6. The molecule has 2 heterocycles. The third kappa shape index (κ3) is 4.34. The molecule has 0 bridgehead atoms. The van der Waals surface area contributed by atoms with Gasteiger partial charge in [-0.25, -0.2) is 0 Å². The van der Waals surface area contributed by atoms with Gasteiger partial charge in [0, 0.05) is 44.4 Å². The molecule has 1 saturated heterocycles. The lowest BCUT2D eigenvalue weighted by Crippen LogP contribution is -2.45. The summed E-state index contributed by atoms with van der Waals surface area (Å²) in [5.41, 5.74) is 1.02. The van der Waals surface area contributed by atoms with E-state index in [-0.39, 0.29) is 5.91 Å². The fraction of sp³-hybridized carbons (Fsp3) is 0.632. The second-order valence-corrected chi connectivity index (χ2v) is 7.12. The topological polar surface area (TPSA) is 62.3 Å². The largest absolute Gasteiger partial charge is 0.352 e. The van der Waals surface area contributed by atoms with Crippen LogP contribution in [0.15, 0.2) is 24.5 Å². The first kappa shape index (κ1) is 16.9. The van der Waals surface area contributed by atoms with E-state index in [9.17, 15) is 9.59 Å². The van der Waals surface area contributed by atoms with Gasteiger partial charge in [0.05, 0.1) is 0 Å². The number of amides is 2. The monoisotopic (exact) mass is 329 g/mol. The Morgan fingerprint density at radius 3 is 2.79 bits per heavy atom. The molecule has 1 N–H and O–H groups in total. The third-order valence-electron chi connectivity index (χ3n) is 5.31.